The van der Waals surface area contributed by atoms with Gasteiger partial charge in [-0.05, 0) is 23.8 Å². The number of para-hydroxylation sites is 1. The van der Waals surface area contributed by atoms with Crippen LogP contribution in [-0.4, -0.2) is 27.2 Å². The van der Waals surface area contributed by atoms with Crippen LogP contribution >= 0.6 is 0 Å². The van der Waals surface area contributed by atoms with Crippen LogP contribution in [0.3, 0.4) is 0 Å². The van der Waals surface area contributed by atoms with E-state index >= 15 is 0 Å². The van der Waals surface area contributed by atoms with Crippen LogP contribution in [0.5, 0.6) is 0 Å². The average Bonchev–Trinajstić information content (AvgIpc) is 2.54. The molecule has 5 nitrogen and oxygen atoms in total. The minimum atomic E-state index is -3.60. The van der Waals surface area contributed by atoms with E-state index in [1.165, 1.54) is 4.31 Å². The van der Waals surface area contributed by atoms with Crippen LogP contribution in [0, 0.1) is 5.92 Å². The number of benzene rings is 1. The molecule has 0 spiro atoms. The zero-order valence-electron chi connectivity index (χ0n) is 11.8. The van der Waals surface area contributed by atoms with Crippen LogP contribution < -0.4 is 9.03 Å². The molecule has 0 aromatic heterocycles. The van der Waals surface area contributed by atoms with Crippen molar-refractivity contribution < 1.29 is 8.42 Å². The molecule has 1 aliphatic carbocycles. The van der Waals surface area contributed by atoms with E-state index in [0.717, 1.165) is 5.57 Å². The highest BCUT2D eigenvalue weighted by Crippen LogP contribution is 2.33. The zero-order valence-corrected chi connectivity index (χ0v) is 12.6. The Balaban J connectivity index is 1.76. The van der Waals surface area contributed by atoms with Gasteiger partial charge in [-0.1, -0.05) is 36.4 Å². The first-order valence-electron chi connectivity index (χ1n) is 7.12. The van der Waals surface area contributed by atoms with Gasteiger partial charge in [-0.25, -0.2) is 4.31 Å². The molecule has 2 aliphatic heterocycles. The Labute approximate surface area is 129 Å². The predicted octanol–water partition coefficient (Wildman–Crippen LogP) is 1.79. The molecule has 0 bridgehead atoms. The highest BCUT2D eigenvalue weighted by molar-refractivity contribution is 7.91. The number of rotatable bonds is 1. The van der Waals surface area contributed by atoms with Crippen molar-refractivity contribution in [2.75, 3.05) is 10.8 Å². The summed E-state index contributed by atoms with van der Waals surface area (Å²) >= 11 is 0. The highest BCUT2D eigenvalue weighted by atomic mass is 32.2. The zero-order chi connectivity index (χ0) is 15.2. The molecular weight excluding hydrogens is 298 g/mol. The molecular formula is C16H15N3O2S. The third kappa shape index (κ3) is 2.07. The van der Waals surface area contributed by atoms with E-state index in [1.54, 1.807) is 18.3 Å². The molecule has 0 saturated carbocycles. The van der Waals surface area contributed by atoms with Gasteiger partial charge in [0.2, 0.25) is 0 Å². The minimum Gasteiger partial charge on any atom is -0.283 e. The molecule has 22 heavy (non-hydrogen) atoms. The van der Waals surface area contributed by atoms with Crippen LogP contribution in [0.1, 0.15) is 0 Å². The molecule has 0 amide bonds. The van der Waals surface area contributed by atoms with Crippen molar-refractivity contribution in [3.63, 3.8) is 0 Å². The van der Waals surface area contributed by atoms with Gasteiger partial charge in [0.05, 0.1) is 17.9 Å². The first-order chi connectivity index (χ1) is 10.6. The van der Waals surface area contributed by atoms with Crippen LogP contribution in [0.25, 0.3) is 0 Å². The Kier molecular flexibility index (Phi) is 2.94. The van der Waals surface area contributed by atoms with Gasteiger partial charge >= 0.3 is 10.2 Å². The van der Waals surface area contributed by atoms with E-state index in [1.807, 2.05) is 36.4 Å². The van der Waals surface area contributed by atoms with E-state index < -0.39 is 10.2 Å². The maximum atomic E-state index is 12.6. The lowest BCUT2D eigenvalue weighted by molar-refractivity contribution is 0.559. The number of dihydropyridines is 1. The second-order valence-electron chi connectivity index (χ2n) is 5.45. The molecule has 1 aromatic carbocycles. The second-order valence-corrected chi connectivity index (χ2v) is 7.05. The van der Waals surface area contributed by atoms with Crippen molar-refractivity contribution in [2.24, 2.45) is 10.9 Å². The van der Waals surface area contributed by atoms with Gasteiger partial charge in [-0.3, -0.25) is 9.71 Å². The quantitative estimate of drug-likeness (QED) is 0.859. The molecule has 2 atom stereocenters. The maximum absolute atomic E-state index is 12.6. The largest absolute Gasteiger partial charge is 0.324 e. The Morgan fingerprint density at radius 3 is 2.82 bits per heavy atom. The lowest BCUT2D eigenvalue weighted by atomic mass is 9.87. The van der Waals surface area contributed by atoms with Gasteiger partial charge in [-0.2, -0.15) is 8.42 Å². The number of hydrogen-bond acceptors (Lipinski definition) is 3. The molecule has 2 unspecified atom stereocenters. The van der Waals surface area contributed by atoms with E-state index in [4.69, 9.17) is 0 Å². The number of anilines is 1. The molecule has 0 saturated heterocycles. The van der Waals surface area contributed by atoms with E-state index in [-0.39, 0.29) is 12.0 Å². The molecule has 0 radical (unpaired) electrons. The Hall–Kier alpha value is -2.34. The van der Waals surface area contributed by atoms with Crippen LogP contribution in [-0.2, 0) is 10.2 Å². The summed E-state index contributed by atoms with van der Waals surface area (Å²) < 4.78 is 29.3. The topological polar surface area (TPSA) is 61.8 Å². The summed E-state index contributed by atoms with van der Waals surface area (Å²) in [7, 11) is -3.60. The fourth-order valence-corrected chi connectivity index (χ4v) is 4.34. The molecule has 1 aromatic rings. The normalized spacial score (nSPS) is 28.1. The molecule has 112 valence electrons. The lowest BCUT2D eigenvalue weighted by Crippen LogP contribution is -2.50. The molecule has 4 rings (SSSR count). The highest BCUT2D eigenvalue weighted by Gasteiger charge is 2.37. The Morgan fingerprint density at radius 2 is 2.00 bits per heavy atom. The van der Waals surface area contributed by atoms with E-state index in [9.17, 15) is 8.42 Å². The first-order valence-corrected chi connectivity index (χ1v) is 8.56. The fourth-order valence-electron chi connectivity index (χ4n) is 2.99. The number of fused-ring (bicyclic) bond motifs is 2. The number of allylic oxidation sites excluding steroid dienone is 1. The smallest absolute Gasteiger partial charge is 0.283 e. The Morgan fingerprint density at radius 1 is 1.18 bits per heavy atom. The summed E-state index contributed by atoms with van der Waals surface area (Å²) in [6, 6.07) is 8.95. The lowest BCUT2D eigenvalue weighted by Gasteiger charge is -2.37. The van der Waals surface area contributed by atoms with Gasteiger partial charge in [0, 0.05) is 12.1 Å². The van der Waals surface area contributed by atoms with Gasteiger partial charge < -0.3 is 0 Å². The van der Waals surface area contributed by atoms with Crippen molar-refractivity contribution in [3.8, 4) is 0 Å². The summed E-state index contributed by atoms with van der Waals surface area (Å²) in [4.78, 5) is 4.43. The van der Waals surface area contributed by atoms with Crippen molar-refractivity contribution in [1.29, 1.82) is 0 Å². The van der Waals surface area contributed by atoms with Gasteiger partial charge in [0.25, 0.3) is 0 Å². The summed E-state index contributed by atoms with van der Waals surface area (Å²) in [6.45, 7) is 0.327. The van der Waals surface area contributed by atoms with Crippen molar-refractivity contribution in [1.82, 2.24) is 4.72 Å². The molecule has 3 aliphatic rings. The third-order valence-corrected chi connectivity index (χ3v) is 5.48. The molecule has 2 heterocycles. The van der Waals surface area contributed by atoms with Crippen LogP contribution in [0.4, 0.5) is 5.69 Å². The third-order valence-electron chi connectivity index (χ3n) is 4.08. The van der Waals surface area contributed by atoms with Crippen LogP contribution in [0.2, 0.25) is 0 Å². The van der Waals surface area contributed by atoms with Gasteiger partial charge in [0.15, 0.2) is 0 Å². The molecule has 1 N–H and O–H groups in total. The van der Waals surface area contributed by atoms with Gasteiger partial charge in [-0.15, -0.1) is 0 Å². The average molecular weight is 313 g/mol. The van der Waals surface area contributed by atoms with E-state index in [0.29, 0.717) is 17.9 Å². The number of nitrogens with one attached hydrogen (secondary N) is 1. The Bertz CT molecular complexity index is 822. The monoisotopic (exact) mass is 313 g/mol. The summed E-state index contributed by atoms with van der Waals surface area (Å²) in [6.07, 6.45) is 9.74. The number of hydrogen-bond donors (Lipinski definition) is 1. The second kappa shape index (κ2) is 4.84. The van der Waals surface area contributed by atoms with E-state index in [2.05, 4.69) is 15.8 Å². The number of aliphatic imine (C=N–C) groups is 1. The first kappa shape index (κ1) is 13.3. The van der Waals surface area contributed by atoms with Gasteiger partial charge in [0.1, 0.15) is 6.04 Å². The summed E-state index contributed by atoms with van der Waals surface area (Å²) in [5.74, 6) is 0.120. The van der Waals surface area contributed by atoms with Crippen molar-refractivity contribution in [3.05, 3.63) is 65.9 Å². The fraction of sp³-hybridized carbons (Fsp3) is 0.188. The maximum Gasteiger partial charge on any atom is 0.324 e. The standard InChI is InChI=1S/C16H15N3O2S/c20-22(21)18-16-13(9-8-12-5-4-10-17-15(12)16)11-19(22)14-6-2-1-3-7-14/h1-10,12,15,18H,11H2. The number of nitrogens with zero attached hydrogens (tertiary/aromatic N) is 2. The minimum absolute atomic E-state index is 0.120. The summed E-state index contributed by atoms with van der Waals surface area (Å²) in [5.41, 5.74) is 2.32. The predicted molar refractivity (Wildman–Crippen MR) is 86.9 cm³/mol. The van der Waals surface area contributed by atoms with Crippen LogP contribution in [0.15, 0.2) is 70.9 Å². The van der Waals surface area contributed by atoms with Crippen molar-refractivity contribution >= 4 is 22.1 Å². The molecule has 0 fully saturated rings. The molecule has 6 heteroatoms. The summed E-state index contributed by atoms with van der Waals surface area (Å²) in [5, 5.41) is 0. The SMILES string of the molecule is O=S1(=O)NC2=C(C=CC3C=CC=NC23)CN1c1ccccc1. The van der Waals surface area contributed by atoms with Crippen molar-refractivity contribution in [2.45, 2.75) is 6.04 Å².